The molecule has 0 saturated carbocycles. The first kappa shape index (κ1) is 9.90. The Hall–Kier alpha value is -2.18. The van der Waals surface area contributed by atoms with E-state index in [1.807, 2.05) is 0 Å². The molecule has 0 spiro atoms. The molecule has 0 saturated heterocycles. The van der Waals surface area contributed by atoms with Crippen LogP contribution < -0.4 is 5.32 Å². The summed E-state index contributed by atoms with van der Waals surface area (Å²) in [6, 6.07) is 0. The van der Waals surface area contributed by atoms with Gasteiger partial charge in [-0.2, -0.15) is 5.10 Å². The summed E-state index contributed by atoms with van der Waals surface area (Å²) in [5.41, 5.74) is 0. The van der Waals surface area contributed by atoms with Gasteiger partial charge in [-0.05, 0) is 0 Å². The monoisotopic (exact) mass is 196 g/mol. The molecule has 3 N–H and O–H groups in total. The Balaban J connectivity index is 2.32. The van der Waals surface area contributed by atoms with E-state index in [0.717, 1.165) is 12.2 Å². The van der Waals surface area contributed by atoms with Gasteiger partial charge in [-0.3, -0.25) is 9.89 Å². The predicted octanol–water partition coefficient (Wildman–Crippen LogP) is -0.938. The highest BCUT2D eigenvalue weighted by molar-refractivity contribution is 5.93. The highest BCUT2D eigenvalue weighted by Gasteiger charge is 1.98. The van der Waals surface area contributed by atoms with Crippen LogP contribution in [0.3, 0.4) is 0 Å². The summed E-state index contributed by atoms with van der Waals surface area (Å²) in [4.78, 5) is 24.7. The lowest BCUT2D eigenvalue weighted by Gasteiger charge is -1.96. The second-order valence-electron chi connectivity index (χ2n) is 2.32. The maximum atomic E-state index is 10.9. The van der Waals surface area contributed by atoms with Crippen LogP contribution in [0.15, 0.2) is 18.5 Å². The van der Waals surface area contributed by atoms with Gasteiger partial charge in [-0.15, -0.1) is 0 Å². The van der Waals surface area contributed by atoms with Crippen LogP contribution in [0.4, 0.5) is 0 Å². The summed E-state index contributed by atoms with van der Waals surface area (Å²) in [5.74, 6) is -1.16. The molecule has 0 fully saturated rings. The predicted molar refractivity (Wildman–Crippen MR) is 45.0 cm³/mol. The molecular weight excluding hydrogens is 188 g/mol. The van der Waals surface area contributed by atoms with Gasteiger partial charge in [0.25, 0.3) is 0 Å². The van der Waals surface area contributed by atoms with Crippen molar-refractivity contribution in [2.45, 2.75) is 6.54 Å². The van der Waals surface area contributed by atoms with Crippen molar-refractivity contribution < 1.29 is 14.7 Å². The van der Waals surface area contributed by atoms with E-state index in [2.05, 4.69) is 20.5 Å². The molecule has 0 aliphatic carbocycles. The molecule has 1 aromatic heterocycles. The third-order valence-corrected chi connectivity index (χ3v) is 1.27. The number of carbonyl (C=O) groups excluding carboxylic acids is 1. The number of rotatable bonds is 4. The lowest BCUT2D eigenvalue weighted by Crippen LogP contribution is -2.21. The molecule has 0 bridgehead atoms. The molecular formula is C7H8N4O3. The Labute approximate surface area is 78.9 Å². The van der Waals surface area contributed by atoms with Crippen molar-refractivity contribution in [3.63, 3.8) is 0 Å². The maximum Gasteiger partial charge on any atom is 0.328 e. The largest absolute Gasteiger partial charge is 0.478 e. The summed E-state index contributed by atoms with van der Waals surface area (Å²) in [6.45, 7) is 0.183. The molecule has 7 nitrogen and oxygen atoms in total. The van der Waals surface area contributed by atoms with Crippen LogP contribution >= 0.6 is 0 Å². The molecule has 0 aliphatic heterocycles. The van der Waals surface area contributed by atoms with E-state index in [1.54, 1.807) is 0 Å². The summed E-state index contributed by atoms with van der Waals surface area (Å²) < 4.78 is 0. The molecule has 74 valence electrons. The smallest absolute Gasteiger partial charge is 0.328 e. The number of nitrogens with one attached hydrogen (secondary N) is 2. The van der Waals surface area contributed by atoms with Crippen LogP contribution in [0.2, 0.25) is 0 Å². The number of amides is 1. The van der Waals surface area contributed by atoms with E-state index >= 15 is 0 Å². The van der Waals surface area contributed by atoms with E-state index in [4.69, 9.17) is 5.11 Å². The fraction of sp³-hybridized carbons (Fsp3) is 0.143. The quantitative estimate of drug-likeness (QED) is 0.539. The molecule has 0 radical (unpaired) electrons. The van der Waals surface area contributed by atoms with Crippen LogP contribution in [-0.4, -0.2) is 32.2 Å². The second kappa shape index (κ2) is 4.75. The van der Waals surface area contributed by atoms with E-state index < -0.39 is 11.9 Å². The zero-order valence-corrected chi connectivity index (χ0v) is 7.10. The molecule has 14 heavy (non-hydrogen) atoms. The zero-order valence-electron chi connectivity index (χ0n) is 7.10. The van der Waals surface area contributed by atoms with Gasteiger partial charge in [0.2, 0.25) is 5.91 Å². The number of H-pyrrole nitrogens is 1. The number of carbonyl (C=O) groups is 2. The highest BCUT2D eigenvalue weighted by Crippen LogP contribution is 1.84. The first-order valence-corrected chi connectivity index (χ1v) is 3.71. The van der Waals surface area contributed by atoms with E-state index in [-0.39, 0.29) is 6.54 Å². The summed E-state index contributed by atoms with van der Waals surface area (Å²) >= 11 is 0. The first-order valence-electron chi connectivity index (χ1n) is 3.71. The van der Waals surface area contributed by atoms with Crippen molar-refractivity contribution in [1.29, 1.82) is 0 Å². The third kappa shape index (κ3) is 3.48. The minimum Gasteiger partial charge on any atom is -0.478 e. The van der Waals surface area contributed by atoms with Gasteiger partial charge in [0, 0.05) is 12.2 Å². The van der Waals surface area contributed by atoms with E-state index in [0.29, 0.717) is 5.82 Å². The Kier molecular flexibility index (Phi) is 3.36. The standard InChI is InChI=1S/C7H8N4O3/c12-6(1-2-7(13)14)8-3-5-9-4-10-11-5/h1-2,4H,3H2,(H,8,12)(H,13,14)(H,9,10,11)/b2-1+. The molecule has 0 aliphatic rings. The van der Waals surface area contributed by atoms with Gasteiger partial charge in [0.1, 0.15) is 12.2 Å². The van der Waals surface area contributed by atoms with Gasteiger partial charge in [-0.25, -0.2) is 9.78 Å². The first-order chi connectivity index (χ1) is 6.68. The van der Waals surface area contributed by atoms with Crippen LogP contribution in [0.1, 0.15) is 5.82 Å². The number of carboxylic acid groups (broad SMARTS) is 1. The Morgan fingerprint density at radius 3 is 2.93 bits per heavy atom. The van der Waals surface area contributed by atoms with Crippen LogP contribution in [0.25, 0.3) is 0 Å². The van der Waals surface area contributed by atoms with Crippen LogP contribution in [0.5, 0.6) is 0 Å². The second-order valence-corrected chi connectivity index (χ2v) is 2.32. The molecule has 1 rings (SSSR count). The van der Waals surface area contributed by atoms with Crippen molar-refractivity contribution >= 4 is 11.9 Å². The fourth-order valence-corrected chi connectivity index (χ4v) is 0.693. The van der Waals surface area contributed by atoms with Gasteiger partial charge in [-0.1, -0.05) is 0 Å². The van der Waals surface area contributed by atoms with Crippen molar-refractivity contribution in [2.75, 3.05) is 0 Å². The Bertz CT molecular complexity index is 344. The molecule has 0 aromatic carbocycles. The van der Waals surface area contributed by atoms with Crippen LogP contribution in [-0.2, 0) is 16.1 Å². The lowest BCUT2D eigenvalue weighted by atomic mass is 10.4. The average Bonchev–Trinajstić information content (AvgIpc) is 2.63. The van der Waals surface area contributed by atoms with Crippen molar-refractivity contribution in [3.8, 4) is 0 Å². The normalized spacial score (nSPS) is 10.3. The molecule has 1 heterocycles. The van der Waals surface area contributed by atoms with Gasteiger partial charge >= 0.3 is 5.97 Å². The molecule has 0 unspecified atom stereocenters. The van der Waals surface area contributed by atoms with Crippen molar-refractivity contribution in [3.05, 3.63) is 24.3 Å². The molecule has 1 aromatic rings. The number of hydrogen-bond donors (Lipinski definition) is 3. The Morgan fingerprint density at radius 2 is 2.36 bits per heavy atom. The average molecular weight is 196 g/mol. The van der Waals surface area contributed by atoms with E-state index in [1.165, 1.54) is 6.33 Å². The van der Waals surface area contributed by atoms with Crippen molar-refractivity contribution in [1.82, 2.24) is 20.5 Å². The van der Waals surface area contributed by atoms with E-state index in [9.17, 15) is 9.59 Å². The summed E-state index contributed by atoms with van der Waals surface area (Å²) in [5, 5.41) is 16.8. The SMILES string of the molecule is O=C(O)/C=C/C(=O)NCc1ncn[nH]1. The number of carboxylic acids is 1. The third-order valence-electron chi connectivity index (χ3n) is 1.27. The topological polar surface area (TPSA) is 108 Å². The number of aliphatic carboxylic acids is 1. The lowest BCUT2D eigenvalue weighted by molar-refractivity contribution is -0.131. The van der Waals surface area contributed by atoms with Crippen LogP contribution in [0, 0.1) is 0 Å². The number of aromatic nitrogens is 3. The zero-order chi connectivity index (χ0) is 10.4. The summed E-state index contributed by atoms with van der Waals surface area (Å²) in [7, 11) is 0. The number of hydrogen-bond acceptors (Lipinski definition) is 4. The molecule has 1 amide bonds. The fourth-order valence-electron chi connectivity index (χ4n) is 0.693. The van der Waals surface area contributed by atoms with Gasteiger partial charge in [0.05, 0.1) is 6.54 Å². The Morgan fingerprint density at radius 1 is 1.57 bits per heavy atom. The highest BCUT2D eigenvalue weighted by atomic mass is 16.4. The molecule has 0 atom stereocenters. The van der Waals surface area contributed by atoms with Gasteiger partial charge in [0.15, 0.2) is 0 Å². The number of nitrogens with zero attached hydrogens (tertiary/aromatic N) is 2. The maximum absolute atomic E-state index is 10.9. The van der Waals surface area contributed by atoms with Gasteiger partial charge < -0.3 is 10.4 Å². The minimum absolute atomic E-state index is 0.183. The molecule has 7 heteroatoms. The summed E-state index contributed by atoms with van der Waals surface area (Å²) in [6.07, 6.45) is 3.00. The minimum atomic E-state index is -1.17. The number of aromatic amines is 1. The van der Waals surface area contributed by atoms with Crippen molar-refractivity contribution in [2.24, 2.45) is 0 Å².